The number of carbonyl (C=O) groups is 1. The molecule has 1 amide bonds. The molecule has 0 aromatic carbocycles. The number of carbonyl (C=O) groups excluding carboxylic acids is 1. The average Bonchev–Trinajstić information content (AvgIpc) is 2.61. The second-order valence-corrected chi connectivity index (χ2v) is 7.28. The lowest BCUT2D eigenvalue weighted by Crippen LogP contribution is -2.33. The van der Waals surface area contributed by atoms with Crippen LogP contribution in [0.3, 0.4) is 0 Å². The van der Waals surface area contributed by atoms with Crippen molar-refractivity contribution < 1.29 is 4.79 Å². The summed E-state index contributed by atoms with van der Waals surface area (Å²) in [4.78, 5) is 24.1. The molecule has 2 aliphatic rings. The lowest BCUT2D eigenvalue weighted by Gasteiger charge is -2.21. The third-order valence-electron chi connectivity index (χ3n) is 5.42. The maximum absolute atomic E-state index is 12.1. The molecule has 1 aromatic rings. The molecule has 3 rings (SSSR count). The Morgan fingerprint density at radius 2 is 1.96 bits per heavy atom. The van der Waals surface area contributed by atoms with Crippen LogP contribution in [0.5, 0.6) is 0 Å². The van der Waals surface area contributed by atoms with E-state index in [2.05, 4.69) is 10.4 Å². The van der Waals surface area contributed by atoms with E-state index in [4.69, 9.17) is 0 Å². The first kappa shape index (κ1) is 17.2. The Hall–Kier alpha value is -1.65. The van der Waals surface area contributed by atoms with E-state index in [0.29, 0.717) is 19.5 Å². The highest BCUT2D eigenvalue weighted by atomic mass is 16.1. The molecule has 0 atom stereocenters. The molecule has 0 saturated heterocycles. The van der Waals surface area contributed by atoms with Crippen molar-refractivity contribution in [2.24, 2.45) is 5.92 Å². The van der Waals surface area contributed by atoms with Crippen molar-refractivity contribution >= 4 is 5.91 Å². The second-order valence-electron chi connectivity index (χ2n) is 7.28. The molecule has 0 unspecified atom stereocenters. The largest absolute Gasteiger partial charge is 0.354 e. The van der Waals surface area contributed by atoms with Gasteiger partial charge in [-0.05, 0) is 43.6 Å². The zero-order valence-corrected chi connectivity index (χ0v) is 14.6. The van der Waals surface area contributed by atoms with E-state index < -0.39 is 0 Å². The SMILES string of the molecule is O=C(CCC1CCCCC1)NCCn1nc2c(cc1=O)CCCC2. The maximum atomic E-state index is 12.1. The van der Waals surface area contributed by atoms with Crippen molar-refractivity contribution in [2.45, 2.75) is 77.2 Å². The van der Waals surface area contributed by atoms with Gasteiger partial charge in [-0.3, -0.25) is 9.59 Å². The normalized spacial score (nSPS) is 18.2. The Morgan fingerprint density at radius 3 is 2.79 bits per heavy atom. The van der Waals surface area contributed by atoms with Gasteiger partial charge in [-0.15, -0.1) is 0 Å². The molecule has 0 bridgehead atoms. The van der Waals surface area contributed by atoms with E-state index in [0.717, 1.165) is 49.3 Å². The van der Waals surface area contributed by atoms with Gasteiger partial charge < -0.3 is 5.32 Å². The zero-order chi connectivity index (χ0) is 16.8. The Bertz CT molecular complexity index is 618. The summed E-state index contributed by atoms with van der Waals surface area (Å²) >= 11 is 0. The third-order valence-corrected chi connectivity index (χ3v) is 5.42. The van der Waals surface area contributed by atoms with Crippen LogP contribution < -0.4 is 10.9 Å². The Kier molecular flexibility index (Phi) is 6.05. The van der Waals surface area contributed by atoms with E-state index in [1.54, 1.807) is 6.07 Å². The van der Waals surface area contributed by atoms with Gasteiger partial charge >= 0.3 is 0 Å². The van der Waals surface area contributed by atoms with Gasteiger partial charge in [0.05, 0.1) is 12.2 Å². The van der Waals surface area contributed by atoms with Crippen molar-refractivity contribution in [1.82, 2.24) is 15.1 Å². The molecule has 1 aromatic heterocycles. The molecule has 1 fully saturated rings. The maximum Gasteiger partial charge on any atom is 0.267 e. The summed E-state index contributed by atoms with van der Waals surface area (Å²) in [7, 11) is 0. The minimum atomic E-state index is -0.0490. The van der Waals surface area contributed by atoms with Crippen LogP contribution >= 0.6 is 0 Å². The highest BCUT2D eigenvalue weighted by molar-refractivity contribution is 5.75. The van der Waals surface area contributed by atoms with E-state index in [1.807, 2.05) is 0 Å². The molecular formula is C19H29N3O2. The van der Waals surface area contributed by atoms with Crippen LogP contribution in [0, 0.1) is 5.92 Å². The monoisotopic (exact) mass is 331 g/mol. The summed E-state index contributed by atoms with van der Waals surface area (Å²) in [5.74, 6) is 0.834. The molecular weight excluding hydrogens is 302 g/mol. The number of rotatable bonds is 6. The molecule has 2 aliphatic carbocycles. The van der Waals surface area contributed by atoms with Crippen molar-refractivity contribution in [2.75, 3.05) is 6.54 Å². The summed E-state index contributed by atoms with van der Waals surface area (Å²) in [6.07, 6.45) is 12.4. The van der Waals surface area contributed by atoms with Crippen LogP contribution in [0.1, 0.15) is 69.0 Å². The first-order valence-electron chi connectivity index (χ1n) is 9.59. The summed E-state index contributed by atoms with van der Waals surface area (Å²) in [5.41, 5.74) is 2.12. The summed E-state index contributed by atoms with van der Waals surface area (Å²) < 4.78 is 1.51. The van der Waals surface area contributed by atoms with E-state index in [1.165, 1.54) is 36.8 Å². The van der Waals surface area contributed by atoms with Gasteiger partial charge in [0.15, 0.2) is 0 Å². The third kappa shape index (κ3) is 4.68. The van der Waals surface area contributed by atoms with Crippen molar-refractivity contribution in [3.05, 3.63) is 27.7 Å². The molecule has 1 heterocycles. The summed E-state index contributed by atoms with van der Waals surface area (Å²) in [6, 6.07) is 1.73. The number of aromatic nitrogens is 2. The smallest absolute Gasteiger partial charge is 0.267 e. The van der Waals surface area contributed by atoms with Crippen LogP contribution in [-0.2, 0) is 24.2 Å². The van der Waals surface area contributed by atoms with Gasteiger partial charge in [-0.1, -0.05) is 32.1 Å². The highest BCUT2D eigenvalue weighted by Crippen LogP contribution is 2.27. The molecule has 132 valence electrons. The predicted octanol–water partition coefficient (Wildman–Crippen LogP) is 2.60. The summed E-state index contributed by atoms with van der Waals surface area (Å²) in [6.45, 7) is 0.941. The van der Waals surface area contributed by atoms with Crippen LogP contribution in [0.2, 0.25) is 0 Å². The average molecular weight is 331 g/mol. The van der Waals surface area contributed by atoms with Crippen molar-refractivity contribution in [3.63, 3.8) is 0 Å². The minimum absolute atomic E-state index is 0.0490. The quantitative estimate of drug-likeness (QED) is 0.871. The van der Waals surface area contributed by atoms with Gasteiger partial charge in [0.2, 0.25) is 5.91 Å². The Labute approximate surface area is 143 Å². The van der Waals surface area contributed by atoms with E-state index in [-0.39, 0.29) is 11.5 Å². The fraction of sp³-hybridized carbons (Fsp3) is 0.737. The zero-order valence-electron chi connectivity index (χ0n) is 14.6. The molecule has 1 N–H and O–H groups in total. The molecule has 5 heteroatoms. The van der Waals surface area contributed by atoms with Crippen LogP contribution in [0.4, 0.5) is 0 Å². The number of amides is 1. The predicted molar refractivity (Wildman–Crippen MR) is 94.0 cm³/mol. The van der Waals surface area contributed by atoms with Gasteiger partial charge in [-0.25, -0.2) is 4.68 Å². The van der Waals surface area contributed by atoms with Gasteiger partial charge in [0.1, 0.15) is 0 Å². The highest BCUT2D eigenvalue weighted by Gasteiger charge is 2.15. The molecule has 0 radical (unpaired) electrons. The fourth-order valence-electron chi connectivity index (χ4n) is 3.96. The van der Waals surface area contributed by atoms with Gasteiger partial charge in [0, 0.05) is 19.0 Å². The number of fused-ring (bicyclic) bond motifs is 1. The Balaban J connectivity index is 1.42. The number of aryl methyl sites for hydroxylation is 2. The molecule has 0 spiro atoms. The first-order valence-corrected chi connectivity index (χ1v) is 9.59. The van der Waals surface area contributed by atoms with Crippen molar-refractivity contribution in [1.29, 1.82) is 0 Å². The fourth-order valence-corrected chi connectivity index (χ4v) is 3.96. The van der Waals surface area contributed by atoms with Gasteiger partial charge in [-0.2, -0.15) is 5.10 Å². The molecule has 24 heavy (non-hydrogen) atoms. The second kappa shape index (κ2) is 8.45. The molecule has 5 nitrogen and oxygen atoms in total. The van der Waals surface area contributed by atoms with Crippen LogP contribution in [0.25, 0.3) is 0 Å². The standard InChI is InChI=1S/C19H29N3O2/c23-18(11-10-15-6-2-1-3-7-15)20-12-13-22-19(24)14-16-8-4-5-9-17(16)21-22/h14-15H,1-13H2,(H,20,23). The minimum Gasteiger partial charge on any atom is -0.354 e. The molecule has 0 aliphatic heterocycles. The van der Waals surface area contributed by atoms with E-state index in [9.17, 15) is 9.59 Å². The van der Waals surface area contributed by atoms with Crippen molar-refractivity contribution in [3.8, 4) is 0 Å². The first-order chi connectivity index (χ1) is 11.7. The van der Waals surface area contributed by atoms with E-state index >= 15 is 0 Å². The molecule has 1 saturated carbocycles. The number of hydrogen-bond donors (Lipinski definition) is 1. The number of nitrogens with one attached hydrogen (secondary N) is 1. The topological polar surface area (TPSA) is 64.0 Å². The van der Waals surface area contributed by atoms with Crippen LogP contribution in [-0.4, -0.2) is 22.2 Å². The number of nitrogens with zero attached hydrogens (tertiary/aromatic N) is 2. The van der Waals surface area contributed by atoms with Gasteiger partial charge in [0.25, 0.3) is 5.56 Å². The number of hydrogen-bond acceptors (Lipinski definition) is 3. The lowest BCUT2D eigenvalue weighted by molar-refractivity contribution is -0.121. The summed E-state index contributed by atoms with van der Waals surface area (Å²) in [5, 5.41) is 7.42. The van der Waals surface area contributed by atoms with Crippen LogP contribution in [0.15, 0.2) is 10.9 Å². The lowest BCUT2D eigenvalue weighted by atomic mass is 9.86. The Morgan fingerprint density at radius 1 is 1.17 bits per heavy atom.